The van der Waals surface area contributed by atoms with Gasteiger partial charge in [-0.25, -0.2) is 0 Å². The molecule has 27 heavy (non-hydrogen) atoms. The number of anilines is 1. The van der Waals surface area contributed by atoms with E-state index in [1.165, 1.54) is 5.56 Å². The second-order valence-corrected chi connectivity index (χ2v) is 7.76. The molecule has 0 aliphatic heterocycles. The zero-order valence-electron chi connectivity index (χ0n) is 16.7. The molecule has 1 unspecified atom stereocenters. The minimum atomic E-state index is -0.443. The lowest BCUT2D eigenvalue weighted by atomic mass is 9.87. The fourth-order valence-corrected chi connectivity index (χ4v) is 2.52. The maximum absolute atomic E-state index is 12.5. The molecule has 6 heteroatoms. The Morgan fingerprint density at radius 1 is 1.15 bits per heavy atom. The third-order valence-electron chi connectivity index (χ3n) is 4.49. The zero-order chi connectivity index (χ0) is 20.0. The summed E-state index contributed by atoms with van der Waals surface area (Å²) in [5.41, 5.74) is 2.02. The van der Waals surface area contributed by atoms with Crippen LogP contribution in [0.15, 0.2) is 47.1 Å². The first-order chi connectivity index (χ1) is 12.7. The van der Waals surface area contributed by atoms with E-state index in [9.17, 15) is 9.59 Å². The van der Waals surface area contributed by atoms with E-state index in [0.29, 0.717) is 12.3 Å². The lowest BCUT2D eigenvalue weighted by Gasteiger charge is -2.23. The largest absolute Gasteiger partial charge is 0.467 e. The van der Waals surface area contributed by atoms with Gasteiger partial charge in [-0.1, -0.05) is 32.9 Å². The van der Waals surface area contributed by atoms with Gasteiger partial charge in [-0.05, 0) is 49.2 Å². The quantitative estimate of drug-likeness (QED) is 0.784. The van der Waals surface area contributed by atoms with E-state index in [-0.39, 0.29) is 23.8 Å². The van der Waals surface area contributed by atoms with Gasteiger partial charge in [0.15, 0.2) is 0 Å². The molecule has 0 aliphatic carbocycles. The molecular formula is C21H29N3O3. The van der Waals surface area contributed by atoms with Gasteiger partial charge in [-0.15, -0.1) is 0 Å². The van der Waals surface area contributed by atoms with Crippen molar-refractivity contribution >= 4 is 17.5 Å². The predicted molar refractivity (Wildman–Crippen MR) is 106 cm³/mol. The number of hydrogen-bond donors (Lipinski definition) is 2. The number of amides is 2. The van der Waals surface area contributed by atoms with Gasteiger partial charge >= 0.3 is 0 Å². The molecule has 6 nitrogen and oxygen atoms in total. The highest BCUT2D eigenvalue weighted by atomic mass is 16.3. The summed E-state index contributed by atoms with van der Waals surface area (Å²) in [7, 11) is 1.75. The number of furan rings is 1. The Balaban J connectivity index is 1.83. The lowest BCUT2D eigenvalue weighted by Crippen LogP contribution is -2.44. The first kappa shape index (κ1) is 20.7. The molecule has 1 aromatic heterocycles. The topological polar surface area (TPSA) is 74.6 Å². The van der Waals surface area contributed by atoms with Crippen LogP contribution in [0.4, 0.5) is 5.69 Å². The Labute approximate surface area is 160 Å². The lowest BCUT2D eigenvalue weighted by molar-refractivity contribution is -0.125. The van der Waals surface area contributed by atoms with Crippen LogP contribution in [0, 0.1) is 0 Å². The highest BCUT2D eigenvalue weighted by molar-refractivity contribution is 5.94. The molecule has 0 spiro atoms. The molecule has 2 aromatic rings. The van der Waals surface area contributed by atoms with Gasteiger partial charge < -0.3 is 15.1 Å². The third-order valence-corrected chi connectivity index (χ3v) is 4.49. The van der Waals surface area contributed by atoms with Gasteiger partial charge in [0.2, 0.25) is 11.8 Å². The molecule has 1 heterocycles. The fraction of sp³-hybridized carbons (Fsp3) is 0.429. The van der Waals surface area contributed by atoms with Crippen LogP contribution in [0.25, 0.3) is 0 Å². The van der Waals surface area contributed by atoms with Crippen LogP contribution in [0.3, 0.4) is 0 Å². The summed E-state index contributed by atoms with van der Waals surface area (Å²) in [6.07, 6.45) is 1.56. The third kappa shape index (κ3) is 6.25. The maximum atomic E-state index is 12.5. The molecule has 0 aliphatic rings. The van der Waals surface area contributed by atoms with Gasteiger partial charge in [-0.3, -0.25) is 14.5 Å². The van der Waals surface area contributed by atoms with E-state index in [1.807, 2.05) is 24.3 Å². The Kier molecular flexibility index (Phi) is 6.80. The Morgan fingerprint density at radius 2 is 1.81 bits per heavy atom. The Hall–Kier alpha value is -2.60. The highest BCUT2D eigenvalue weighted by Gasteiger charge is 2.20. The molecular weight excluding hydrogens is 342 g/mol. The highest BCUT2D eigenvalue weighted by Crippen LogP contribution is 2.23. The molecule has 1 atom stereocenters. The number of carbonyl (C=O) groups is 2. The van der Waals surface area contributed by atoms with E-state index in [2.05, 4.69) is 31.4 Å². The molecule has 1 aromatic carbocycles. The van der Waals surface area contributed by atoms with Crippen LogP contribution in [-0.4, -0.2) is 36.3 Å². The molecule has 0 saturated carbocycles. The van der Waals surface area contributed by atoms with E-state index in [4.69, 9.17) is 4.42 Å². The van der Waals surface area contributed by atoms with Crippen molar-refractivity contribution in [1.29, 1.82) is 0 Å². The Bertz CT molecular complexity index is 746. The summed E-state index contributed by atoms with van der Waals surface area (Å²) >= 11 is 0. The summed E-state index contributed by atoms with van der Waals surface area (Å²) in [4.78, 5) is 26.2. The maximum Gasteiger partial charge on any atom is 0.241 e. The molecule has 0 bridgehead atoms. The van der Waals surface area contributed by atoms with Crippen LogP contribution in [0.2, 0.25) is 0 Å². The summed E-state index contributed by atoms with van der Waals surface area (Å²) in [5.74, 6) is 0.374. The van der Waals surface area contributed by atoms with Crippen molar-refractivity contribution in [3.63, 3.8) is 0 Å². The van der Waals surface area contributed by atoms with E-state index >= 15 is 0 Å². The van der Waals surface area contributed by atoms with Crippen LogP contribution < -0.4 is 10.6 Å². The molecule has 0 fully saturated rings. The molecule has 0 saturated heterocycles. The van der Waals surface area contributed by atoms with Crippen molar-refractivity contribution in [2.24, 2.45) is 0 Å². The Morgan fingerprint density at radius 3 is 2.37 bits per heavy atom. The zero-order valence-corrected chi connectivity index (χ0v) is 16.7. The number of rotatable bonds is 7. The minimum Gasteiger partial charge on any atom is -0.467 e. The minimum absolute atomic E-state index is 0.0685. The molecule has 2 amide bonds. The predicted octanol–water partition coefficient (Wildman–Crippen LogP) is 3.15. The average molecular weight is 371 g/mol. The van der Waals surface area contributed by atoms with Gasteiger partial charge in [-0.2, -0.15) is 0 Å². The van der Waals surface area contributed by atoms with E-state index in [0.717, 1.165) is 5.69 Å². The number of nitrogens with zero attached hydrogens (tertiary/aromatic N) is 1. The van der Waals surface area contributed by atoms with Crippen molar-refractivity contribution < 1.29 is 14.0 Å². The number of nitrogens with one attached hydrogen (secondary N) is 2. The van der Waals surface area contributed by atoms with Gasteiger partial charge in [0.25, 0.3) is 0 Å². The van der Waals surface area contributed by atoms with Crippen molar-refractivity contribution in [1.82, 2.24) is 10.2 Å². The summed E-state index contributed by atoms with van der Waals surface area (Å²) in [6.45, 7) is 8.68. The number of hydrogen-bond acceptors (Lipinski definition) is 4. The van der Waals surface area contributed by atoms with Crippen molar-refractivity contribution in [2.45, 2.75) is 45.7 Å². The second-order valence-electron chi connectivity index (χ2n) is 7.76. The first-order valence-corrected chi connectivity index (χ1v) is 9.07. The van der Waals surface area contributed by atoms with Crippen LogP contribution >= 0.6 is 0 Å². The summed E-state index contributed by atoms with van der Waals surface area (Å²) in [5, 5.41) is 5.68. The number of benzene rings is 1. The molecule has 0 radical (unpaired) electrons. The van der Waals surface area contributed by atoms with Gasteiger partial charge in [0.05, 0.1) is 25.4 Å². The van der Waals surface area contributed by atoms with Gasteiger partial charge in [0, 0.05) is 5.69 Å². The average Bonchev–Trinajstić information content (AvgIpc) is 3.12. The fourth-order valence-electron chi connectivity index (χ4n) is 2.52. The van der Waals surface area contributed by atoms with Crippen molar-refractivity contribution in [2.75, 3.05) is 18.9 Å². The second kappa shape index (κ2) is 8.86. The summed E-state index contributed by atoms with van der Waals surface area (Å²) < 4.78 is 5.18. The van der Waals surface area contributed by atoms with Crippen LogP contribution in [0.5, 0.6) is 0 Å². The summed E-state index contributed by atoms with van der Waals surface area (Å²) in [6, 6.07) is 11.0. The van der Waals surface area contributed by atoms with E-state index in [1.54, 1.807) is 37.3 Å². The van der Waals surface area contributed by atoms with Gasteiger partial charge in [0.1, 0.15) is 5.76 Å². The van der Waals surface area contributed by atoms with Crippen LogP contribution in [0.1, 0.15) is 39.0 Å². The smallest absolute Gasteiger partial charge is 0.241 e. The SMILES string of the molecule is CC(C(=O)Nc1ccc(C(C)(C)C)cc1)N(C)CC(=O)NCc1ccco1. The normalized spacial score (nSPS) is 12.7. The number of likely N-dealkylation sites (N-methyl/N-ethyl adjacent to an activating group) is 1. The monoisotopic (exact) mass is 371 g/mol. The molecule has 2 N–H and O–H groups in total. The van der Waals surface area contributed by atoms with E-state index < -0.39 is 6.04 Å². The number of carbonyl (C=O) groups excluding carboxylic acids is 2. The standard InChI is InChI=1S/C21H29N3O3/c1-15(24(5)14-19(25)22-13-18-7-6-12-27-18)20(26)23-17-10-8-16(9-11-17)21(2,3)4/h6-12,15H,13-14H2,1-5H3,(H,22,25)(H,23,26). The molecule has 2 rings (SSSR count). The molecule has 146 valence electrons. The van der Waals surface area contributed by atoms with Crippen molar-refractivity contribution in [3.05, 3.63) is 54.0 Å². The van der Waals surface area contributed by atoms with Crippen LogP contribution in [-0.2, 0) is 21.5 Å². The first-order valence-electron chi connectivity index (χ1n) is 9.07. The van der Waals surface area contributed by atoms with Crippen molar-refractivity contribution in [3.8, 4) is 0 Å².